The van der Waals surface area contributed by atoms with Crippen LogP contribution >= 0.6 is 0 Å². The van der Waals surface area contributed by atoms with Crippen molar-refractivity contribution in [1.82, 2.24) is 14.9 Å². The number of imidazole rings is 1. The minimum atomic E-state index is -2.08. The molecule has 2 aliphatic heterocycles. The summed E-state index contributed by atoms with van der Waals surface area (Å²) in [7, 11) is -0.737. The number of hydrogen-bond acceptors (Lipinski definition) is 11. The number of aromatic nitrogens is 2. The summed E-state index contributed by atoms with van der Waals surface area (Å²) in [5.74, 6) is -2.55. The van der Waals surface area contributed by atoms with Crippen LogP contribution in [0.1, 0.15) is 47.0 Å². The zero-order valence-corrected chi connectivity index (χ0v) is 27.5. The number of aliphatic hydroxyl groups is 3. The van der Waals surface area contributed by atoms with Gasteiger partial charge in [-0.1, -0.05) is 32.9 Å². The molecule has 3 heterocycles. The van der Waals surface area contributed by atoms with E-state index >= 15 is 0 Å². The predicted octanol–water partition coefficient (Wildman–Crippen LogP) is 2.16. The molecule has 0 aliphatic carbocycles. The highest BCUT2D eigenvalue weighted by Gasteiger charge is 2.52. The molecule has 4 N–H and O–H groups in total. The number of nitrogens with one attached hydrogen (secondary N) is 1. The molecule has 0 saturated carbocycles. The van der Waals surface area contributed by atoms with E-state index in [4.69, 9.17) is 23.4 Å². The minimum absolute atomic E-state index is 0.00752. The van der Waals surface area contributed by atoms with Gasteiger partial charge in [0.1, 0.15) is 19.0 Å². The number of carbonyl (C=O) groups is 2. The molecule has 1 unspecified atom stereocenters. The molecule has 1 aromatic heterocycles. The first-order chi connectivity index (χ1) is 19.9. The summed E-state index contributed by atoms with van der Waals surface area (Å²) < 4.78 is 30.6. The lowest BCUT2D eigenvalue weighted by Gasteiger charge is -2.50. The summed E-state index contributed by atoms with van der Waals surface area (Å²) in [6, 6.07) is 0. The van der Waals surface area contributed by atoms with E-state index in [1.807, 2.05) is 47.3 Å². The fourth-order valence-electron chi connectivity index (χ4n) is 5.46. The predicted molar refractivity (Wildman–Crippen MR) is 158 cm³/mol. The first-order valence-corrected chi connectivity index (χ1v) is 18.0. The van der Waals surface area contributed by atoms with Crippen molar-refractivity contribution in [2.75, 3.05) is 13.7 Å². The molecule has 43 heavy (non-hydrogen) atoms. The molecule has 2 aliphatic rings. The molecular weight excluding hydrogens is 578 g/mol. The van der Waals surface area contributed by atoms with Gasteiger partial charge >= 0.3 is 6.09 Å². The smallest absolute Gasteiger partial charge is 0.419 e. The summed E-state index contributed by atoms with van der Waals surface area (Å²) in [5, 5.41) is 35.4. The van der Waals surface area contributed by atoms with Crippen molar-refractivity contribution in [3.05, 3.63) is 30.9 Å². The van der Waals surface area contributed by atoms with Gasteiger partial charge in [-0.25, -0.2) is 14.3 Å². The zero-order chi connectivity index (χ0) is 32.3. The Morgan fingerprint density at radius 1 is 1.26 bits per heavy atom. The summed E-state index contributed by atoms with van der Waals surface area (Å²) in [4.78, 5) is 29.2. The fourth-order valence-corrected chi connectivity index (χ4v) is 6.71. The number of hydrogen-bond donors (Lipinski definition) is 4. The third-order valence-corrected chi connectivity index (χ3v) is 9.39. The standard InChI is InChI=1S/C29H49N3O10Si/c1-17-14-29(38-6,41-19(3)18(17)2)24(34)26(36)31-25(35)21-13-23(42-43(7,8)9)28(4,5)22(40-21)12-20(33)15-39-27(37)32-11-10-30-16-32/h10-11,16,18-25,33-35H,1,12-15H2,2-9H3,(H,31,36)/t18-,19-,20+,21+,22-,23?,24-,25+,29-/m1/s1. The van der Waals surface area contributed by atoms with E-state index in [1.165, 1.54) is 25.8 Å². The van der Waals surface area contributed by atoms with Crippen LogP contribution in [0.15, 0.2) is 30.9 Å². The molecule has 0 bridgehead atoms. The minimum Gasteiger partial charge on any atom is -0.446 e. The number of aliphatic hydroxyl groups excluding tert-OH is 3. The molecule has 2 fully saturated rings. The molecule has 0 aromatic carbocycles. The van der Waals surface area contributed by atoms with Crippen LogP contribution in [0.5, 0.6) is 0 Å². The van der Waals surface area contributed by atoms with E-state index < -0.39 is 68.3 Å². The van der Waals surface area contributed by atoms with Gasteiger partial charge in [0.15, 0.2) is 20.6 Å². The van der Waals surface area contributed by atoms with E-state index in [0.717, 1.165) is 10.1 Å². The highest BCUT2D eigenvalue weighted by Crippen LogP contribution is 2.42. The maximum atomic E-state index is 13.2. The van der Waals surface area contributed by atoms with Crippen molar-refractivity contribution in [3.63, 3.8) is 0 Å². The van der Waals surface area contributed by atoms with Crippen LogP contribution in [0.3, 0.4) is 0 Å². The van der Waals surface area contributed by atoms with E-state index in [9.17, 15) is 24.9 Å². The second kappa shape index (κ2) is 13.9. The number of ether oxygens (including phenoxy) is 4. The highest BCUT2D eigenvalue weighted by atomic mass is 28.4. The molecule has 1 amide bonds. The van der Waals surface area contributed by atoms with Gasteiger partial charge in [0.2, 0.25) is 5.79 Å². The van der Waals surface area contributed by atoms with Crippen molar-refractivity contribution < 1.29 is 48.3 Å². The van der Waals surface area contributed by atoms with Gasteiger partial charge in [0, 0.05) is 50.1 Å². The van der Waals surface area contributed by atoms with Crippen LogP contribution in [0.4, 0.5) is 4.79 Å². The SMILES string of the molecule is C=C1C[C@](OC)([C@H](O)C(=O)N[C@@H](O)[C@@H]2CC(O[Si](C)(C)C)C(C)(C)[C@@H](C[C@H](O)COC(=O)n3ccnc3)O2)O[C@H](C)[C@@H]1C. The Morgan fingerprint density at radius 3 is 2.49 bits per heavy atom. The summed E-state index contributed by atoms with van der Waals surface area (Å²) >= 11 is 0. The molecule has 13 nitrogen and oxygen atoms in total. The molecule has 9 atom stereocenters. The third kappa shape index (κ3) is 8.51. The molecular formula is C29H49N3O10Si. The molecule has 2 saturated heterocycles. The molecule has 3 rings (SSSR count). The van der Waals surface area contributed by atoms with Crippen LogP contribution in [0, 0.1) is 11.3 Å². The van der Waals surface area contributed by atoms with Gasteiger partial charge in [-0.05, 0) is 26.6 Å². The van der Waals surface area contributed by atoms with Crippen LogP contribution in [-0.2, 0) is 28.2 Å². The lowest BCUT2D eigenvalue weighted by Crippen LogP contribution is -2.62. The molecule has 14 heteroatoms. The first kappa shape index (κ1) is 35.3. The average Bonchev–Trinajstić information content (AvgIpc) is 3.46. The van der Waals surface area contributed by atoms with Crippen molar-refractivity contribution >= 4 is 20.3 Å². The molecule has 1 aromatic rings. The highest BCUT2D eigenvalue weighted by molar-refractivity contribution is 6.69. The van der Waals surface area contributed by atoms with E-state index in [2.05, 4.69) is 16.9 Å². The van der Waals surface area contributed by atoms with Gasteiger partial charge in [0.25, 0.3) is 5.91 Å². The fraction of sp³-hybridized carbons (Fsp3) is 0.759. The quantitative estimate of drug-likeness (QED) is 0.161. The monoisotopic (exact) mass is 627 g/mol. The molecule has 244 valence electrons. The molecule has 0 radical (unpaired) electrons. The number of rotatable bonds is 11. The second-order valence-corrected chi connectivity index (χ2v) is 17.7. The van der Waals surface area contributed by atoms with Crippen molar-refractivity contribution in [2.45, 2.75) is 115 Å². The van der Waals surface area contributed by atoms with Crippen molar-refractivity contribution in [3.8, 4) is 0 Å². The summed E-state index contributed by atoms with van der Waals surface area (Å²) in [6.45, 7) is 17.6. The van der Waals surface area contributed by atoms with Gasteiger partial charge in [-0.2, -0.15) is 0 Å². The van der Waals surface area contributed by atoms with Crippen LogP contribution in [0.2, 0.25) is 19.6 Å². The normalized spacial score (nSPS) is 31.6. The number of nitrogens with zero attached hydrogens (tertiary/aromatic N) is 2. The van der Waals surface area contributed by atoms with Crippen LogP contribution in [0.25, 0.3) is 0 Å². The lowest BCUT2D eigenvalue weighted by atomic mass is 9.74. The largest absolute Gasteiger partial charge is 0.446 e. The Bertz CT molecular complexity index is 1110. The van der Waals surface area contributed by atoms with E-state index in [0.29, 0.717) is 0 Å². The number of methoxy groups -OCH3 is 1. The van der Waals surface area contributed by atoms with Gasteiger partial charge < -0.3 is 44.0 Å². The van der Waals surface area contributed by atoms with Crippen molar-refractivity contribution in [1.29, 1.82) is 0 Å². The number of carbonyl (C=O) groups excluding carboxylic acids is 2. The Hall–Kier alpha value is -2.17. The maximum Gasteiger partial charge on any atom is 0.419 e. The average molecular weight is 628 g/mol. The van der Waals surface area contributed by atoms with Gasteiger partial charge in [-0.15, -0.1) is 0 Å². The van der Waals surface area contributed by atoms with Crippen molar-refractivity contribution in [2.24, 2.45) is 11.3 Å². The Kier molecular flexibility index (Phi) is 11.4. The van der Waals surface area contributed by atoms with E-state index in [1.54, 1.807) is 0 Å². The Balaban J connectivity index is 1.72. The zero-order valence-electron chi connectivity index (χ0n) is 26.5. The lowest BCUT2D eigenvalue weighted by molar-refractivity contribution is -0.298. The van der Waals surface area contributed by atoms with Gasteiger partial charge in [-0.3, -0.25) is 4.79 Å². The summed E-state index contributed by atoms with van der Waals surface area (Å²) in [5.41, 5.74) is 0.160. The Morgan fingerprint density at radius 2 is 1.93 bits per heavy atom. The van der Waals surface area contributed by atoms with Gasteiger partial charge in [0.05, 0.1) is 24.4 Å². The van der Waals surface area contributed by atoms with Crippen LogP contribution in [-0.4, -0.2) is 108 Å². The topological polar surface area (TPSA) is 171 Å². The third-order valence-electron chi connectivity index (χ3n) is 8.40. The van der Waals surface area contributed by atoms with Crippen LogP contribution < -0.4 is 5.32 Å². The van der Waals surface area contributed by atoms with E-state index in [-0.39, 0.29) is 37.9 Å². The maximum absolute atomic E-state index is 13.2. The Labute approximate surface area is 254 Å². The molecule has 0 spiro atoms. The second-order valence-electron chi connectivity index (χ2n) is 13.2. The number of amides is 1. The summed E-state index contributed by atoms with van der Waals surface area (Å²) in [6.07, 6.45) is -2.82. The first-order valence-electron chi connectivity index (χ1n) is 14.6.